The highest BCUT2D eigenvalue weighted by molar-refractivity contribution is 6.31. The largest absolute Gasteiger partial charge is 0.496 e. The summed E-state index contributed by atoms with van der Waals surface area (Å²) in [7, 11) is 4.99. The number of carbonyl (C=O) groups is 2. The molecule has 0 radical (unpaired) electrons. The Labute approximate surface area is 182 Å². The number of amides is 2. The predicted octanol–water partition coefficient (Wildman–Crippen LogP) is 3.64. The smallest absolute Gasteiger partial charge is 0.254 e. The first-order valence-corrected chi connectivity index (χ1v) is 10.3. The third-order valence-corrected chi connectivity index (χ3v) is 5.56. The minimum Gasteiger partial charge on any atom is -0.496 e. The Morgan fingerprint density at radius 3 is 2.53 bits per heavy atom. The first kappa shape index (κ1) is 22.1. The van der Waals surface area contributed by atoms with Crippen LogP contribution in [-0.4, -0.2) is 44.0 Å². The van der Waals surface area contributed by atoms with Crippen molar-refractivity contribution in [3.8, 4) is 5.75 Å². The highest BCUT2D eigenvalue weighted by Gasteiger charge is 2.52. The molecule has 160 valence electrons. The van der Waals surface area contributed by atoms with Crippen LogP contribution >= 0.6 is 11.6 Å². The molecule has 7 heteroatoms. The van der Waals surface area contributed by atoms with Crippen molar-refractivity contribution in [2.75, 3.05) is 26.5 Å². The molecule has 2 aromatic carbocycles. The second-order valence-corrected chi connectivity index (χ2v) is 8.59. The molecule has 30 heavy (non-hydrogen) atoms. The van der Waals surface area contributed by atoms with Crippen LogP contribution in [0.3, 0.4) is 0 Å². The number of nitrogens with zero attached hydrogens (tertiary/aromatic N) is 1. The van der Waals surface area contributed by atoms with E-state index in [1.54, 1.807) is 50.4 Å². The summed E-state index contributed by atoms with van der Waals surface area (Å²) < 4.78 is 5.60. The normalized spacial score (nSPS) is 18.7. The van der Waals surface area contributed by atoms with E-state index in [1.165, 1.54) is 0 Å². The van der Waals surface area contributed by atoms with E-state index < -0.39 is 11.6 Å². The molecule has 0 fully saturated rings. The number of nitrogens with one attached hydrogen (secondary N) is 2. The monoisotopic (exact) mass is 429 g/mol. The van der Waals surface area contributed by atoms with Crippen LogP contribution in [0.2, 0.25) is 5.02 Å². The highest BCUT2D eigenvalue weighted by atomic mass is 35.5. The number of hydrogen-bond acceptors (Lipinski definition) is 4. The lowest BCUT2D eigenvalue weighted by atomic mass is 9.81. The average molecular weight is 430 g/mol. The zero-order chi connectivity index (χ0) is 22.1. The SMILES string of the molecule is COc1ccccc1C1(N[C@@H](CC(C)C)C(=O)N(C)C)C(=O)Nc2ccc(Cl)cc21. The number of carbonyl (C=O) groups excluding carboxylic acids is 2. The minimum atomic E-state index is -1.32. The summed E-state index contributed by atoms with van der Waals surface area (Å²) in [6.07, 6.45) is 0.567. The lowest BCUT2D eigenvalue weighted by molar-refractivity contribution is -0.132. The Morgan fingerprint density at radius 1 is 1.20 bits per heavy atom. The summed E-state index contributed by atoms with van der Waals surface area (Å²) in [5.41, 5.74) is 0.637. The van der Waals surface area contributed by atoms with Crippen LogP contribution < -0.4 is 15.4 Å². The van der Waals surface area contributed by atoms with Gasteiger partial charge in [0.2, 0.25) is 5.91 Å². The Morgan fingerprint density at radius 2 is 1.90 bits per heavy atom. The summed E-state index contributed by atoms with van der Waals surface area (Å²) in [5, 5.41) is 6.88. The van der Waals surface area contributed by atoms with Crippen LogP contribution in [0.1, 0.15) is 31.4 Å². The van der Waals surface area contributed by atoms with E-state index in [9.17, 15) is 9.59 Å². The number of fused-ring (bicyclic) bond motifs is 1. The van der Waals surface area contributed by atoms with Gasteiger partial charge in [-0.15, -0.1) is 0 Å². The molecule has 1 unspecified atom stereocenters. The van der Waals surface area contributed by atoms with Crippen molar-refractivity contribution in [1.29, 1.82) is 0 Å². The Balaban J connectivity index is 2.25. The van der Waals surface area contributed by atoms with Crippen LogP contribution in [0, 0.1) is 5.92 Å². The van der Waals surface area contributed by atoms with Gasteiger partial charge in [-0.3, -0.25) is 14.9 Å². The average Bonchev–Trinajstić information content (AvgIpc) is 2.98. The topological polar surface area (TPSA) is 70.7 Å². The maximum Gasteiger partial charge on any atom is 0.254 e. The number of ether oxygens (including phenoxy) is 1. The quantitative estimate of drug-likeness (QED) is 0.705. The molecule has 3 rings (SSSR count). The van der Waals surface area contributed by atoms with Gasteiger partial charge in [-0.2, -0.15) is 0 Å². The first-order valence-electron chi connectivity index (χ1n) is 9.94. The number of likely N-dealkylation sites (N-methyl/N-ethyl adjacent to an activating group) is 1. The number of hydrogen-bond donors (Lipinski definition) is 2. The summed E-state index contributed by atoms with van der Waals surface area (Å²) >= 11 is 6.32. The van der Waals surface area contributed by atoms with Gasteiger partial charge in [-0.25, -0.2) is 0 Å². The van der Waals surface area contributed by atoms with Crippen LogP contribution in [0.15, 0.2) is 42.5 Å². The maximum absolute atomic E-state index is 13.5. The predicted molar refractivity (Wildman–Crippen MR) is 119 cm³/mol. The molecular weight excluding hydrogens is 402 g/mol. The van der Waals surface area contributed by atoms with Crippen molar-refractivity contribution < 1.29 is 14.3 Å². The maximum atomic E-state index is 13.5. The molecule has 6 nitrogen and oxygen atoms in total. The van der Waals surface area contributed by atoms with Crippen molar-refractivity contribution >= 4 is 29.1 Å². The third kappa shape index (κ3) is 3.89. The van der Waals surface area contributed by atoms with Crippen molar-refractivity contribution in [1.82, 2.24) is 10.2 Å². The third-order valence-electron chi connectivity index (χ3n) is 5.32. The Kier molecular flexibility index (Phi) is 6.38. The second-order valence-electron chi connectivity index (χ2n) is 8.15. The van der Waals surface area contributed by atoms with E-state index in [0.29, 0.717) is 34.0 Å². The van der Waals surface area contributed by atoms with Gasteiger partial charge in [0.05, 0.1) is 13.2 Å². The van der Waals surface area contributed by atoms with Gasteiger partial charge in [0.25, 0.3) is 5.91 Å². The summed E-state index contributed by atoms with van der Waals surface area (Å²) in [6, 6.07) is 12.0. The first-order chi connectivity index (χ1) is 14.2. The van der Waals surface area contributed by atoms with Gasteiger partial charge in [0, 0.05) is 35.9 Å². The molecule has 0 saturated carbocycles. The van der Waals surface area contributed by atoms with Gasteiger partial charge in [0.15, 0.2) is 5.54 Å². The molecule has 2 atom stereocenters. The molecule has 2 amide bonds. The molecule has 1 aliphatic heterocycles. The molecule has 1 heterocycles. The Hall–Kier alpha value is -2.57. The fourth-order valence-electron chi connectivity index (χ4n) is 3.98. The summed E-state index contributed by atoms with van der Waals surface area (Å²) in [5.74, 6) is 0.420. The lowest BCUT2D eigenvalue weighted by Gasteiger charge is -2.36. The number of halogens is 1. The van der Waals surface area contributed by atoms with E-state index in [4.69, 9.17) is 16.3 Å². The van der Waals surface area contributed by atoms with Crippen LogP contribution in [0.25, 0.3) is 0 Å². The molecule has 1 aliphatic rings. The molecule has 0 bridgehead atoms. The van der Waals surface area contributed by atoms with Gasteiger partial charge >= 0.3 is 0 Å². The molecule has 2 aromatic rings. The number of methoxy groups -OCH3 is 1. The summed E-state index contributed by atoms with van der Waals surface area (Å²) in [6.45, 7) is 4.10. The van der Waals surface area contributed by atoms with Gasteiger partial charge in [0.1, 0.15) is 5.75 Å². The van der Waals surface area contributed by atoms with Crippen LogP contribution in [0.5, 0.6) is 5.75 Å². The second kappa shape index (κ2) is 8.66. The zero-order valence-electron chi connectivity index (χ0n) is 18.0. The summed E-state index contributed by atoms with van der Waals surface area (Å²) in [4.78, 5) is 28.1. The Bertz CT molecular complexity index is 960. The van der Waals surface area contributed by atoms with Crippen molar-refractivity contribution in [3.05, 3.63) is 58.6 Å². The lowest BCUT2D eigenvalue weighted by Crippen LogP contribution is -2.57. The van der Waals surface area contributed by atoms with Crippen molar-refractivity contribution in [2.45, 2.75) is 31.8 Å². The van der Waals surface area contributed by atoms with Gasteiger partial charge < -0.3 is 15.0 Å². The molecule has 0 saturated heterocycles. The highest BCUT2D eigenvalue weighted by Crippen LogP contribution is 2.45. The van der Waals surface area contributed by atoms with E-state index in [2.05, 4.69) is 10.6 Å². The van der Waals surface area contributed by atoms with Gasteiger partial charge in [-0.1, -0.05) is 43.6 Å². The molecular formula is C23H28ClN3O3. The molecule has 0 spiro atoms. The molecule has 2 N–H and O–H groups in total. The number of benzene rings is 2. The molecule has 0 aliphatic carbocycles. The van der Waals surface area contributed by atoms with Gasteiger partial charge in [-0.05, 0) is 36.6 Å². The van der Waals surface area contributed by atoms with Crippen molar-refractivity contribution in [2.24, 2.45) is 5.92 Å². The van der Waals surface area contributed by atoms with E-state index >= 15 is 0 Å². The van der Waals surface area contributed by atoms with E-state index in [0.717, 1.165) is 0 Å². The number of anilines is 1. The fraction of sp³-hybridized carbons (Fsp3) is 0.391. The van der Waals surface area contributed by atoms with Crippen LogP contribution in [0.4, 0.5) is 5.69 Å². The minimum absolute atomic E-state index is 0.0961. The van der Waals surface area contributed by atoms with Crippen LogP contribution in [-0.2, 0) is 15.1 Å². The van der Waals surface area contributed by atoms with E-state index in [-0.39, 0.29) is 17.7 Å². The zero-order valence-corrected chi connectivity index (χ0v) is 18.7. The van der Waals surface area contributed by atoms with Crippen molar-refractivity contribution in [3.63, 3.8) is 0 Å². The standard InChI is InChI=1S/C23H28ClN3O3/c1-14(2)12-19(21(28)27(3)4)26-23(16-8-6-7-9-20(16)30-5)17-13-15(24)10-11-18(17)25-22(23)29/h6-11,13-14,19,26H,12H2,1-5H3,(H,25,29)/t19-,23?/m0/s1. The van der Waals surface area contributed by atoms with E-state index in [1.807, 2.05) is 32.0 Å². The fourth-order valence-corrected chi connectivity index (χ4v) is 4.16. The number of rotatable bonds is 7. The molecule has 0 aromatic heterocycles. The number of para-hydroxylation sites is 1.